The summed E-state index contributed by atoms with van der Waals surface area (Å²) in [4.78, 5) is 25.6. The van der Waals surface area contributed by atoms with Crippen LogP contribution in [0.5, 0.6) is 5.75 Å². The number of hydrogen-bond donors (Lipinski definition) is 0. The van der Waals surface area contributed by atoms with Gasteiger partial charge in [-0.2, -0.15) is 0 Å². The van der Waals surface area contributed by atoms with Gasteiger partial charge in [-0.25, -0.2) is 9.29 Å². The van der Waals surface area contributed by atoms with E-state index in [0.717, 1.165) is 4.90 Å². The van der Waals surface area contributed by atoms with Gasteiger partial charge in [-0.15, -0.1) is 0 Å². The van der Waals surface area contributed by atoms with Crippen LogP contribution >= 0.6 is 0 Å². The van der Waals surface area contributed by atoms with Crippen LogP contribution in [-0.2, 0) is 0 Å². The molecule has 0 spiro atoms. The summed E-state index contributed by atoms with van der Waals surface area (Å²) in [6.07, 6.45) is 0. The number of rotatable bonds is 3. The fourth-order valence-electron chi connectivity index (χ4n) is 2.38. The van der Waals surface area contributed by atoms with Gasteiger partial charge in [0.15, 0.2) is 5.82 Å². The van der Waals surface area contributed by atoms with Crippen LogP contribution in [0.15, 0.2) is 42.5 Å². The van der Waals surface area contributed by atoms with Crippen molar-refractivity contribution in [2.45, 2.75) is 6.92 Å². The molecular formula is C16H12FNO3. The van der Waals surface area contributed by atoms with E-state index in [1.807, 2.05) is 0 Å². The van der Waals surface area contributed by atoms with Crippen molar-refractivity contribution in [2.24, 2.45) is 0 Å². The van der Waals surface area contributed by atoms with E-state index >= 15 is 0 Å². The summed E-state index contributed by atoms with van der Waals surface area (Å²) in [6.45, 7) is 2.05. The van der Waals surface area contributed by atoms with Crippen molar-refractivity contribution in [2.75, 3.05) is 11.5 Å². The number of amides is 2. The zero-order chi connectivity index (χ0) is 15.0. The molecule has 0 aromatic heterocycles. The number of carbonyl (C=O) groups excluding carboxylic acids is 2. The van der Waals surface area contributed by atoms with E-state index < -0.39 is 17.6 Å². The van der Waals surface area contributed by atoms with Gasteiger partial charge in [0.05, 0.1) is 17.7 Å². The third kappa shape index (κ3) is 1.98. The van der Waals surface area contributed by atoms with Crippen molar-refractivity contribution in [3.8, 4) is 5.75 Å². The van der Waals surface area contributed by atoms with E-state index in [1.165, 1.54) is 18.2 Å². The first-order valence-corrected chi connectivity index (χ1v) is 6.54. The predicted octanol–water partition coefficient (Wildman–Crippen LogP) is 3.03. The average molecular weight is 285 g/mol. The first-order valence-electron chi connectivity index (χ1n) is 6.54. The summed E-state index contributed by atoms with van der Waals surface area (Å²) in [5.74, 6) is -1.58. The molecule has 1 aliphatic rings. The highest BCUT2D eigenvalue weighted by Crippen LogP contribution is 2.36. The molecule has 0 aliphatic carbocycles. The summed E-state index contributed by atoms with van der Waals surface area (Å²) in [5.41, 5.74) is 0.409. The molecule has 106 valence electrons. The van der Waals surface area contributed by atoms with Crippen LogP contribution < -0.4 is 9.64 Å². The van der Waals surface area contributed by atoms with Gasteiger partial charge in [0, 0.05) is 0 Å². The van der Waals surface area contributed by atoms with Crippen molar-refractivity contribution >= 4 is 17.5 Å². The molecule has 3 rings (SSSR count). The fraction of sp³-hybridized carbons (Fsp3) is 0.125. The van der Waals surface area contributed by atoms with E-state index in [2.05, 4.69) is 0 Å². The van der Waals surface area contributed by atoms with Crippen molar-refractivity contribution in [1.82, 2.24) is 0 Å². The molecule has 0 saturated carbocycles. The van der Waals surface area contributed by atoms with Crippen LogP contribution in [0.2, 0.25) is 0 Å². The lowest BCUT2D eigenvalue weighted by Crippen LogP contribution is -2.30. The summed E-state index contributed by atoms with van der Waals surface area (Å²) in [5, 5.41) is 0. The molecule has 0 bridgehead atoms. The lowest BCUT2D eigenvalue weighted by molar-refractivity contribution is 0.0923. The third-order valence-electron chi connectivity index (χ3n) is 3.27. The molecule has 1 heterocycles. The Labute approximate surface area is 120 Å². The van der Waals surface area contributed by atoms with Crippen LogP contribution in [0.1, 0.15) is 27.6 Å². The predicted molar refractivity (Wildman–Crippen MR) is 75.2 cm³/mol. The van der Waals surface area contributed by atoms with E-state index in [1.54, 1.807) is 31.2 Å². The van der Waals surface area contributed by atoms with Gasteiger partial charge >= 0.3 is 0 Å². The molecule has 0 atom stereocenters. The smallest absolute Gasteiger partial charge is 0.266 e. The Morgan fingerprint density at radius 3 is 2.19 bits per heavy atom. The number of hydrogen-bond acceptors (Lipinski definition) is 3. The van der Waals surface area contributed by atoms with Gasteiger partial charge in [0.25, 0.3) is 11.8 Å². The Bertz CT molecular complexity index is 707. The van der Waals surface area contributed by atoms with Crippen LogP contribution in [0.25, 0.3) is 0 Å². The number of anilines is 1. The molecule has 2 aromatic rings. The third-order valence-corrected chi connectivity index (χ3v) is 3.27. The van der Waals surface area contributed by atoms with E-state index in [9.17, 15) is 14.0 Å². The van der Waals surface area contributed by atoms with Crippen LogP contribution in [0, 0.1) is 5.82 Å². The molecular weight excluding hydrogens is 273 g/mol. The Morgan fingerprint density at radius 1 is 1.00 bits per heavy atom. The lowest BCUT2D eigenvalue weighted by atomic mass is 10.1. The summed E-state index contributed by atoms with van der Waals surface area (Å²) in [6, 6.07) is 10.6. The number of halogens is 1. The second kappa shape index (κ2) is 5.01. The van der Waals surface area contributed by atoms with Crippen LogP contribution in [0.4, 0.5) is 10.1 Å². The first kappa shape index (κ1) is 13.3. The molecule has 0 unspecified atom stereocenters. The molecule has 0 fully saturated rings. The minimum Gasteiger partial charge on any atom is -0.492 e. The number of nitrogens with zero attached hydrogens (tertiary/aromatic N) is 1. The molecule has 2 aromatic carbocycles. The number of ether oxygens (including phenoxy) is 1. The first-order chi connectivity index (χ1) is 10.1. The van der Waals surface area contributed by atoms with Gasteiger partial charge in [0.2, 0.25) is 0 Å². The van der Waals surface area contributed by atoms with Gasteiger partial charge in [-0.3, -0.25) is 9.59 Å². The largest absolute Gasteiger partial charge is 0.492 e. The highest BCUT2D eigenvalue weighted by molar-refractivity contribution is 6.34. The van der Waals surface area contributed by atoms with Crippen molar-refractivity contribution in [3.63, 3.8) is 0 Å². The van der Waals surface area contributed by atoms with E-state index in [4.69, 9.17) is 4.74 Å². The quantitative estimate of drug-likeness (QED) is 0.814. The zero-order valence-corrected chi connectivity index (χ0v) is 11.3. The van der Waals surface area contributed by atoms with E-state index in [0.29, 0.717) is 6.61 Å². The van der Waals surface area contributed by atoms with Crippen molar-refractivity contribution in [3.05, 3.63) is 59.4 Å². The average Bonchev–Trinajstić information content (AvgIpc) is 2.73. The Hall–Kier alpha value is -2.69. The van der Waals surface area contributed by atoms with Crippen molar-refractivity contribution in [1.29, 1.82) is 0 Å². The second-order valence-electron chi connectivity index (χ2n) is 4.51. The normalized spacial score (nSPS) is 13.5. The SMILES string of the molecule is CCOc1cccc(F)c1N1C(=O)c2ccccc2C1=O. The standard InChI is InChI=1S/C16H12FNO3/c1-2-21-13-9-5-8-12(17)14(13)18-15(19)10-6-3-4-7-11(10)16(18)20/h3-9H,2H2,1H3. The highest BCUT2D eigenvalue weighted by atomic mass is 19.1. The van der Waals surface area contributed by atoms with E-state index in [-0.39, 0.29) is 22.6 Å². The Kier molecular flexibility index (Phi) is 3.17. The number of imide groups is 1. The van der Waals surface area contributed by atoms with Gasteiger partial charge in [0.1, 0.15) is 11.4 Å². The molecule has 2 amide bonds. The minimum atomic E-state index is -0.671. The van der Waals surface area contributed by atoms with Crippen LogP contribution in [-0.4, -0.2) is 18.4 Å². The highest BCUT2D eigenvalue weighted by Gasteiger charge is 2.39. The van der Waals surface area contributed by atoms with Gasteiger partial charge < -0.3 is 4.74 Å². The maximum atomic E-state index is 14.2. The number of carbonyl (C=O) groups is 2. The number of para-hydroxylation sites is 1. The molecule has 0 N–H and O–H groups in total. The second-order valence-corrected chi connectivity index (χ2v) is 4.51. The maximum absolute atomic E-state index is 14.2. The molecule has 21 heavy (non-hydrogen) atoms. The number of benzene rings is 2. The fourth-order valence-corrected chi connectivity index (χ4v) is 2.38. The van der Waals surface area contributed by atoms with Crippen LogP contribution in [0.3, 0.4) is 0 Å². The molecule has 1 aliphatic heterocycles. The molecule has 0 radical (unpaired) electrons. The Balaban J connectivity index is 2.15. The lowest BCUT2D eigenvalue weighted by Gasteiger charge is -2.18. The topological polar surface area (TPSA) is 46.6 Å². The molecule has 5 heteroatoms. The Morgan fingerprint density at radius 2 is 1.62 bits per heavy atom. The maximum Gasteiger partial charge on any atom is 0.266 e. The van der Waals surface area contributed by atoms with Gasteiger partial charge in [-0.05, 0) is 31.2 Å². The molecule has 4 nitrogen and oxygen atoms in total. The monoisotopic (exact) mass is 285 g/mol. The molecule has 0 saturated heterocycles. The number of fused-ring (bicyclic) bond motifs is 1. The van der Waals surface area contributed by atoms with Gasteiger partial charge in [-0.1, -0.05) is 18.2 Å². The summed E-state index contributed by atoms with van der Waals surface area (Å²) < 4.78 is 19.5. The van der Waals surface area contributed by atoms with Crippen molar-refractivity contribution < 1.29 is 18.7 Å². The zero-order valence-electron chi connectivity index (χ0n) is 11.3. The summed E-state index contributed by atoms with van der Waals surface area (Å²) in [7, 11) is 0. The summed E-state index contributed by atoms with van der Waals surface area (Å²) >= 11 is 0. The minimum absolute atomic E-state index is 0.134.